The quantitative estimate of drug-likeness (QED) is 0.109. The largest absolute Gasteiger partial charge is 0.497 e. The maximum absolute atomic E-state index is 12.4. The van der Waals surface area contributed by atoms with Crippen LogP contribution in [-0.2, 0) is 29.0 Å². The first-order chi connectivity index (χ1) is 23.7. The number of nitrogens with zero attached hydrogens (tertiary/aromatic N) is 5. The highest BCUT2D eigenvalue weighted by Gasteiger charge is 2.26. The van der Waals surface area contributed by atoms with Crippen LogP contribution in [0, 0.1) is 6.92 Å². The third-order valence-corrected chi connectivity index (χ3v) is 9.12. The van der Waals surface area contributed by atoms with Crippen LogP contribution in [0.25, 0.3) is 5.65 Å². The molecule has 0 N–H and O–H groups in total. The molecule has 1 aliphatic carbocycles. The van der Waals surface area contributed by atoms with E-state index in [2.05, 4.69) is 33.1 Å². The molecule has 12 heteroatoms. The zero-order chi connectivity index (χ0) is 34.7. The van der Waals surface area contributed by atoms with E-state index in [1.54, 1.807) is 28.4 Å². The number of methoxy groups -OCH3 is 4. The first kappa shape index (κ1) is 34.0. The normalized spacial score (nSPS) is 13.2. The summed E-state index contributed by atoms with van der Waals surface area (Å²) in [5, 5.41) is 0. The molecule has 1 saturated carbocycles. The van der Waals surface area contributed by atoms with Crippen LogP contribution >= 0.6 is 15.9 Å². The van der Waals surface area contributed by atoms with Crippen molar-refractivity contribution in [2.45, 2.75) is 58.2 Å². The van der Waals surface area contributed by atoms with Gasteiger partial charge in [-0.3, -0.25) is 4.79 Å². The van der Waals surface area contributed by atoms with E-state index in [4.69, 9.17) is 38.6 Å². The number of rotatable bonds is 14. The Kier molecular flexibility index (Phi) is 10.2. The summed E-state index contributed by atoms with van der Waals surface area (Å²) in [6.45, 7) is 4.10. The van der Waals surface area contributed by atoms with E-state index in [1.165, 1.54) is 25.3 Å². The fourth-order valence-electron chi connectivity index (χ4n) is 5.96. The average Bonchev–Trinajstić information content (AvgIpc) is 3.87. The van der Waals surface area contributed by atoms with Gasteiger partial charge in [-0.15, -0.1) is 0 Å². The van der Waals surface area contributed by atoms with E-state index in [0.717, 1.165) is 26.9 Å². The number of aromatic nitrogens is 4. The minimum atomic E-state index is -0.697. The van der Waals surface area contributed by atoms with E-state index in [9.17, 15) is 4.79 Å². The molecule has 0 spiro atoms. The van der Waals surface area contributed by atoms with E-state index in [1.807, 2.05) is 60.0 Å². The van der Waals surface area contributed by atoms with Gasteiger partial charge in [-0.2, -0.15) is 0 Å². The second-order valence-corrected chi connectivity index (χ2v) is 12.9. The van der Waals surface area contributed by atoms with Crippen molar-refractivity contribution < 1.29 is 28.5 Å². The number of hydrogen-bond acceptors (Lipinski definition) is 10. The Bertz CT molecular complexity index is 1920. The maximum atomic E-state index is 12.4. The van der Waals surface area contributed by atoms with Crippen molar-refractivity contribution in [2.75, 3.05) is 33.3 Å². The lowest BCUT2D eigenvalue weighted by Crippen LogP contribution is -2.25. The molecule has 256 valence electrons. The molecule has 5 aromatic rings. The number of pyridine rings is 1. The fourth-order valence-corrected chi connectivity index (χ4v) is 6.52. The van der Waals surface area contributed by atoms with Gasteiger partial charge in [0.2, 0.25) is 0 Å². The van der Waals surface area contributed by atoms with Crippen molar-refractivity contribution in [3.8, 4) is 23.0 Å². The van der Waals surface area contributed by atoms with Crippen LogP contribution in [0.3, 0.4) is 0 Å². The van der Waals surface area contributed by atoms with Crippen molar-refractivity contribution in [3.63, 3.8) is 0 Å². The highest BCUT2D eigenvalue weighted by molar-refractivity contribution is 9.10. The second-order valence-electron chi connectivity index (χ2n) is 12.1. The molecule has 1 unspecified atom stereocenters. The van der Waals surface area contributed by atoms with Crippen molar-refractivity contribution in [3.05, 3.63) is 99.3 Å². The summed E-state index contributed by atoms with van der Waals surface area (Å²) in [6.07, 6.45) is 6.18. The molecule has 0 amide bonds. The van der Waals surface area contributed by atoms with Crippen LogP contribution in [0.1, 0.15) is 65.7 Å². The van der Waals surface area contributed by atoms with Gasteiger partial charge in [-0.25, -0.2) is 15.0 Å². The molecule has 3 heterocycles. The molecule has 1 atom stereocenters. The number of benzene rings is 2. The van der Waals surface area contributed by atoms with Gasteiger partial charge in [0.15, 0.2) is 5.65 Å². The number of esters is 1. The zero-order valence-corrected chi connectivity index (χ0v) is 30.1. The number of ether oxygens (including phenoxy) is 5. The maximum Gasteiger partial charge on any atom is 0.303 e. The highest BCUT2D eigenvalue weighted by atomic mass is 79.9. The summed E-state index contributed by atoms with van der Waals surface area (Å²) in [5.41, 5.74) is 5.30. The Labute approximate surface area is 294 Å². The molecule has 0 bridgehead atoms. The number of halogens is 1. The number of carbonyl (C=O) groups is 1. The molecule has 0 saturated heterocycles. The Hall–Kier alpha value is -4.84. The predicted octanol–water partition coefficient (Wildman–Crippen LogP) is 7.16. The monoisotopic (exact) mass is 729 g/mol. The number of imidazole rings is 1. The summed E-state index contributed by atoms with van der Waals surface area (Å²) >= 11 is 3.71. The average molecular weight is 731 g/mol. The standard InChI is InChI=1S/C37H40BrN5O6/c1-22-39-32(35(49-23(2)44)14-28-21-43-20-27(24-7-8-24)13-31(38)37(43)41-28)17-36(40-22)42(18-25-9-11-29(45-3)15-33(25)47-5)19-26-10-12-30(46-4)16-34(26)48-6/h9-13,15-17,20-21,24,35H,7-8,14,18-19H2,1-6H3. The van der Waals surface area contributed by atoms with E-state index >= 15 is 0 Å². The van der Waals surface area contributed by atoms with Crippen molar-refractivity contribution in [1.82, 2.24) is 19.4 Å². The van der Waals surface area contributed by atoms with Crippen molar-refractivity contribution in [2.24, 2.45) is 0 Å². The molecule has 6 rings (SSSR count). The third-order valence-electron chi connectivity index (χ3n) is 8.54. The number of hydrogen-bond donors (Lipinski definition) is 0. The molecule has 0 aliphatic heterocycles. The van der Waals surface area contributed by atoms with Gasteiger partial charge in [0.05, 0.1) is 44.3 Å². The third kappa shape index (κ3) is 7.91. The lowest BCUT2D eigenvalue weighted by molar-refractivity contribution is -0.146. The number of carbonyl (C=O) groups excluding carboxylic acids is 1. The number of anilines is 1. The summed E-state index contributed by atoms with van der Waals surface area (Å²) < 4.78 is 31.3. The Balaban J connectivity index is 1.38. The Morgan fingerprint density at radius 2 is 1.51 bits per heavy atom. The first-order valence-corrected chi connectivity index (χ1v) is 16.8. The topological polar surface area (TPSA) is 110 Å². The van der Waals surface area contributed by atoms with Gasteiger partial charge < -0.3 is 33.0 Å². The smallest absolute Gasteiger partial charge is 0.303 e. The molecular formula is C37H40BrN5O6. The zero-order valence-electron chi connectivity index (χ0n) is 28.5. The predicted molar refractivity (Wildman–Crippen MR) is 189 cm³/mol. The van der Waals surface area contributed by atoms with Crippen LogP contribution in [0.15, 0.2) is 65.4 Å². The fraction of sp³-hybridized carbons (Fsp3) is 0.351. The number of fused-ring (bicyclic) bond motifs is 1. The van der Waals surface area contributed by atoms with Crippen LogP contribution < -0.4 is 23.8 Å². The Morgan fingerprint density at radius 3 is 2.06 bits per heavy atom. The molecule has 2 aromatic carbocycles. The van der Waals surface area contributed by atoms with E-state index in [0.29, 0.717) is 65.8 Å². The van der Waals surface area contributed by atoms with E-state index in [-0.39, 0.29) is 0 Å². The molecule has 1 aliphatic rings. The minimum Gasteiger partial charge on any atom is -0.497 e. The van der Waals surface area contributed by atoms with Gasteiger partial charge in [0, 0.05) is 68.2 Å². The van der Waals surface area contributed by atoms with Crippen LogP contribution in [-0.4, -0.2) is 53.8 Å². The summed E-state index contributed by atoms with van der Waals surface area (Å²) in [5.74, 6) is 4.10. The highest BCUT2D eigenvalue weighted by Crippen LogP contribution is 2.41. The Morgan fingerprint density at radius 1 is 0.878 bits per heavy atom. The molecule has 1 fully saturated rings. The van der Waals surface area contributed by atoms with Crippen molar-refractivity contribution >= 4 is 33.4 Å². The first-order valence-electron chi connectivity index (χ1n) is 16.0. The van der Waals surface area contributed by atoms with Crippen molar-refractivity contribution in [1.29, 1.82) is 0 Å². The van der Waals surface area contributed by atoms with Gasteiger partial charge >= 0.3 is 5.97 Å². The molecule has 0 radical (unpaired) electrons. The van der Waals surface area contributed by atoms with E-state index < -0.39 is 12.1 Å². The van der Waals surface area contributed by atoms with Gasteiger partial charge in [-0.1, -0.05) is 0 Å². The van der Waals surface area contributed by atoms with Crippen LogP contribution in [0.2, 0.25) is 0 Å². The van der Waals surface area contributed by atoms with Gasteiger partial charge in [0.1, 0.15) is 40.7 Å². The minimum absolute atomic E-state index is 0.334. The summed E-state index contributed by atoms with van der Waals surface area (Å²) in [7, 11) is 6.52. The SMILES string of the molecule is COc1ccc(CN(Cc2ccc(OC)cc2OC)c2cc(C(Cc3cn4cc(C5CC5)cc(Br)c4n3)OC(C)=O)nc(C)n2)c(OC)c1. The molecule has 49 heavy (non-hydrogen) atoms. The summed E-state index contributed by atoms with van der Waals surface area (Å²) in [6, 6.07) is 15.5. The molecule has 3 aromatic heterocycles. The number of aryl methyl sites for hydroxylation is 1. The lowest BCUT2D eigenvalue weighted by atomic mass is 10.1. The van der Waals surface area contributed by atoms with Gasteiger partial charge in [-0.05, 0) is 77.5 Å². The summed E-state index contributed by atoms with van der Waals surface area (Å²) in [4.78, 5) is 29.1. The lowest BCUT2D eigenvalue weighted by Gasteiger charge is -2.27. The van der Waals surface area contributed by atoms with Crippen LogP contribution in [0.4, 0.5) is 5.82 Å². The van der Waals surface area contributed by atoms with Crippen LogP contribution in [0.5, 0.6) is 23.0 Å². The molecule has 11 nitrogen and oxygen atoms in total. The second kappa shape index (κ2) is 14.7. The van der Waals surface area contributed by atoms with Gasteiger partial charge in [0.25, 0.3) is 0 Å². The molecular weight excluding hydrogens is 690 g/mol.